The Labute approximate surface area is 116 Å². The average Bonchev–Trinajstić information content (AvgIpc) is 2.42. The molecule has 0 radical (unpaired) electrons. The lowest BCUT2D eigenvalue weighted by Crippen LogP contribution is -2.06. The number of pyridine rings is 1. The topological polar surface area (TPSA) is 39.2 Å². The summed E-state index contributed by atoms with van der Waals surface area (Å²) in [6, 6.07) is 3.46. The van der Waals surface area contributed by atoms with Crippen molar-refractivity contribution in [2.24, 2.45) is 5.92 Å². The molecule has 0 aliphatic carbocycles. The Balaban J connectivity index is 1.98. The minimum absolute atomic E-state index is 0.270. The average molecular weight is 263 g/mol. The molecule has 0 atom stereocenters. The van der Waals surface area contributed by atoms with E-state index in [-0.39, 0.29) is 5.97 Å². The third-order valence-electron chi connectivity index (χ3n) is 3.06. The van der Waals surface area contributed by atoms with E-state index in [1.54, 1.807) is 18.3 Å². The molecule has 1 aromatic heterocycles. The second kappa shape index (κ2) is 9.54. The van der Waals surface area contributed by atoms with Crippen LogP contribution >= 0.6 is 0 Å². The van der Waals surface area contributed by atoms with Gasteiger partial charge in [-0.05, 0) is 24.5 Å². The molecular weight excluding hydrogens is 238 g/mol. The number of esters is 1. The van der Waals surface area contributed by atoms with Gasteiger partial charge in [0.15, 0.2) is 0 Å². The van der Waals surface area contributed by atoms with Gasteiger partial charge in [-0.3, -0.25) is 4.98 Å². The highest BCUT2D eigenvalue weighted by atomic mass is 16.5. The predicted molar refractivity (Wildman–Crippen MR) is 77.1 cm³/mol. The Morgan fingerprint density at radius 2 is 1.95 bits per heavy atom. The molecule has 1 rings (SSSR count). The molecule has 0 amide bonds. The van der Waals surface area contributed by atoms with Crippen molar-refractivity contribution in [3.8, 4) is 0 Å². The van der Waals surface area contributed by atoms with Crippen molar-refractivity contribution in [3.05, 3.63) is 30.1 Å². The van der Waals surface area contributed by atoms with Crippen LogP contribution < -0.4 is 0 Å². The van der Waals surface area contributed by atoms with Crippen LogP contribution in [0.15, 0.2) is 24.5 Å². The number of rotatable bonds is 9. The molecule has 106 valence electrons. The van der Waals surface area contributed by atoms with Crippen molar-refractivity contribution >= 4 is 5.97 Å². The molecule has 0 spiro atoms. The quantitative estimate of drug-likeness (QED) is 0.494. The summed E-state index contributed by atoms with van der Waals surface area (Å²) in [5, 5.41) is 0. The highest BCUT2D eigenvalue weighted by Crippen LogP contribution is 2.10. The maximum absolute atomic E-state index is 11.6. The maximum atomic E-state index is 11.6. The summed E-state index contributed by atoms with van der Waals surface area (Å²) in [7, 11) is 0. The summed E-state index contributed by atoms with van der Waals surface area (Å²) < 4.78 is 5.19. The van der Waals surface area contributed by atoms with Crippen LogP contribution in [0.2, 0.25) is 0 Å². The summed E-state index contributed by atoms with van der Waals surface area (Å²) >= 11 is 0. The van der Waals surface area contributed by atoms with Crippen molar-refractivity contribution in [3.63, 3.8) is 0 Å². The first-order chi connectivity index (χ1) is 9.20. The Morgan fingerprint density at radius 3 is 2.63 bits per heavy atom. The number of ether oxygens (including phenoxy) is 1. The van der Waals surface area contributed by atoms with E-state index in [2.05, 4.69) is 18.8 Å². The number of aromatic nitrogens is 1. The summed E-state index contributed by atoms with van der Waals surface area (Å²) in [5.41, 5.74) is 0.527. The zero-order valence-corrected chi connectivity index (χ0v) is 12.1. The van der Waals surface area contributed by atoms with Gasteiger partial charge in [0, 0.05) is 12.4 Å². The Morgan fingerprint density at radius 1 is 1.21 bits per heavy atom. The summed E-state index contributed by atoms with van der Waals surface area (Å²) in [6.45, 7) is 5.04. The molecule has 0 aromatic carbocycles. The van der Waals surface area contributed by atoms with Gasteiger partial charge >= 0.3 is 5.97 Å². The molecule has 0 bridgehead atoms. The Hall–Kier alpha value is -1.38. The van der Waals surface area contributed by atoms with E-state index in [0.29, 0.717) is 12.2 Å². The molecule has 0 saturated heterocycles. The lowest BCUT2D eigenvalue weighted by Gasteiger charge is -2.05. The number of hydrogen-bond donors (Lipinski definition) is 0. The van der Waals surface area contributed by atoms with Gasteiger partial charge in [-0.1, -0.05) is 46.0 Å². The molecule has 0 aliphatic rings. The Bertz CT molecular complexity index is 349. The molecule has 19 heavy (non-hydrogen) atoms. The van der Waals surface area contributed by atoms with Gasteiger partial charge in [-0.15, -0.1) is 0 Å². The van der Waals surface area contributed by atoms with Gasteiger partial charge in [0.1, 0.15) is 0 Å². The van der Waals surface area contributed by atoms with Gasteiger partial charge in [-0.2, -0.15) is 0 Å². The van der Waals surface area contributed by atoms with Crippen LogP contribution in [0.25, 0.3) is 0 Å². The van der Waals surface area contributed by atoms with Gasteiger partial charge in [-0.25, -0.2) is 4.79 Å². The van der Waals surface area contributed by atoms with Crippen LogP contribution in [0.1, 0.15) is 62.7 Å². The van der Waals surface area contributed by atoms with Crippen LogP contribution in [0.4, 0.5) is 0 Å². The van der Waals surface area contributed by atoms with Crippen LogP contribution in [0.3, 0.4) is 0 Å². The second-order valence-corrected chi connectivity index (χ2v) is 5.33. The summed E-state index contributed by atoms with van der Waals surface area (Å²) in [5.74, 6) is 0.536. The molecule has 1 heterocycles. The molecule has 0 N–H and O–H groups in total. The zero-order valence-electron chi connectivity index (χ0n) is 12.1. The van der Waals surface area contributed by atoms with E-state index in [4.69, 9.17) is 4.74 Å². The van der Waals surface area contributed by atoms with Crippen LogP contribution in [0, 0.1) is 5.92 Å². The largest absolute Gasteiger partial charge is 0.462 e. The molecule has 0 fully saturated rings. The van der Waals surface area contributed by atoms with E-state index in [1.807, 2.05) is 0 Å². The van der Waals surface area contributed by atoms with E-state index < -0.39 is 0 Å². The first kappa shape index (κ1) is 15.7. The van der Waals surface area contributed by atoms with Crippen LogP contribution in [-0.2, 0) is 4.74 Å². The summed E-state index contributed by atoms with van der Waals surface area (Å²) in [4.78, 5) is 15.5. The second-order valence-electron chi connectivity index (χ2n) is 5.33. The molecule has 3 nitrogen and oxygen atoms in total. The summed E-state index contributed by atoms with van der Waals surface area (Å²) in [6.07, 6.45) is 10.4. The number of carbonyl (C=O) groups excluding carboxylic acids is 1. The van der Waals surface area contributed by atoms with E-state index in [0.717, 1.165) is 18.8 Å². The minimum atomic E-state index is -0.270. The number of carbonyl (C=O) groups is 1. The molecular formula is C16H25NO2. The van der Waals surface area contributed by atoms with Crippen molar-refractivity contribution in [1.82, 2.24) is 4.98 Å². The molecule has 0 saturated carbocycles. The van der Waals surface area contributed by atoms with Crippen LogP contribution in [-0.4, -0.2) is 17.6 Å². The minimum Gasteiger partial charge on any atom is -0.462 e. The third-order valence-corrected chi connectivity index (χ3v) is 3.06. The van der Waals surface area contributed by atoms with Gasteiger partial charge < -0.3 is 4.74 Å². The monoisotopic (exact) mass is 263 g/mol. The first-order valence-corrected chi connectivity index (χ1v) is 7.27. The van der Waals surface area contributed by atoms with Gasteiger partial charge in [0.05, 0.1) is 12.2 Å². The maximum Gasteiger partial charge on any atom is 0.339 e. The fraction of sp³-hybridized carbons (Fsp3) is 0.625. The normalized spacial score (nSPS) is 10.7. The van der Waals surface area contributed by atoms with Gasteiger partial charge in [0.2, 0.25) is 0 Å². The molecule has 0 unspecified atom stereocenters. The zero-order chi connectivity index (χ0) is 13.9. The van der Waals surface area contributed by atoms with Crippen molar-refractivity contribution < 1.29 is 9.53 Å². The first-order valence-electron chi connectivity index (χ1n) is 7.27. The van der Waals surface area contributed by atoms with Crippen molar-refractivity contribution in [2.75, 3.05) is 6.61 Å². The molecule has 0 aliphatic heterocycles. The third kappa shape index (κ3) is 7.60. The van der Waals surface area contributed by atoms with Crippen molar-refractivity contribution in [2.45, 2.75) is 52.4 Å². The highest BCUT2D eigenvalue weighted by molar-refractivity contribution is 5.88. The number of unbranched alkanes of at least 4 members (excludes halogenated alkanes) is 4. The van der Waals surface area contributed by atoms with Crippen LogP contribution in [0.5, 0.6) is 0 Å². The van der Waals surface area contributed by atoms with E-state index in [9.17, 15) is 4.79 Å². The Kier molecular flexibility index (Phi) is 7.87. The fourth-order valence-electron chi connectivity index (χ4n) is 1.92. The predicted octanol–water partition coefficient (Wildman–Crippen LogP) is 4.24. The lowest BCUT2D eigenvalue weighted by molar-refractivity contribution is 0.0497. The standard InChI is InChI=1S/C16H25NO2/c1-14(2)9-6-4-3-5-7-12-19-16(18)15-10-8-11-17-13-15/h8,10-11,13-14H,3-7,9,12H2,1-2H3. The van der Waals surface area contributed by atoms with E-state index in [1.165, 1.54) is 31.9 Å². The smallest absolute Gasteiger partial charge is 0.339 e. The van der Waals surface area contributed by atoms with E-state index >= 15 is 0 Å². The van der Waals surface area contributed by atoms with Gasteiger partial charge in [0.25, 0.3) is 0 Å². The lowest BCUT2D eigenvalue weighted by atomic mass is 10.0. The molecule has 3 heteroatoms. The molecule has 1 aromatic rings. The number of nitrogens with zero attached hydrogens (tertiary/aromatic N) is 1. The SMILES string of the molecule is CC(C)CCCCCCCOC(=O)c1cccnc1. The number of hydrogen-bond acceptors (Lipinski definition) is 3. The highest BCUT2D eigenvalue weighted by Gasteiger charge is 2.05. The van der Waals surface area contributed by atoms with Crippen molar-refractivity contribution in [1.29, 1.82) is 0 Å². The fourth-order valence-corrected chi connectivity index (χ4v) is 1.92.